The Bertz CT molecular complexity index is 1090. The number of piperidine rings is 1. The van der Waals surface area contributed by atoms with Crippen LogP contribution in [0.15, 0.2) is 83.9 Å². The minimum absolute atomic E-state index is 0.0468. The number of aliphatic imine (C=N–C) groups is 1. The molecule has 0 bridgehead atoms. The first-order chi connectivity index (χ1) is 15.6. The molecule has 2 N–H and O–H groups in total. The average Bonchev–Trinajstić information content (AvgIpc) is 2.82. The Labute approximate surface area is 188 Å². The highest BCUT2D eigenvalue weighted by Gasteiger charge is 2.40. The summed E-state index contributed by atoms with van der Waals surface area (Å²) in [7, 11) is 0. The van der Waals surface area contributed by atoms with Crippen LogP contribution in [0.5, 0.6) is 5.75 Å². The third-order valence-electron chi connectivity index (χ3n) is 6.61. The molecule has 1 fully saturated rings. The molecule has 3 aromatic rings. The van der Waals surface area contributed by atoms with Crippen LogP contribution >= 0.6 is 0 Å². The Morgan fingerprint density at radius 2 is 1.62 bits per heavy atom. The predicted octanol–water partition coefficient (Wildman–Crippen LogP) is 5.05. The molecule has 2 aliphatic heterocycles. The summed E-state index contributed by atoms with van der Waals surface area (Å²) in [5.41, 5.74) is 3.73. The molecule has 1 unspecified atom stereocenters. The molecule has 5 heteroatoms. The number of hydrogen-bond donors (Lipinski definition) is 2. The second-order valence-corrected chi connectivity index (χ2v) is 8.82. The highest BCUT2D eigenvalue weighted by Crippen LogP contribution is 2.37. The largest absolute Gasteiger partial charge is 0.508 e. The maximum Gasteiger partial charge on any atom is 0.123 e. The second-order valence-electron chi connectivity index (χ2n) is 8.82. The molecule has 1 saturated heterocycles. The summed E-state index contributed by atoms with van der Waals surface area (Å²) in [6.45, 7) is 2.82. The van der Waals surface area contributed by atoms with E-state index in [1.807, 2.05) is 24.3 Å². The van der Waals surface area contributed by atoms with Crippen molar-refractivity contribution >= 4 is 5.71 Å². The molecule has 1 spiro atoms. The SMILES string of the molecule is Oc1ccccc1C1CC(c2ccc(F)cc2)=NC2(CCN(Cc3ccccc3)CC2)N1. The quantitative estimate of drug-likeness (QED) is 0.610. The molecule has 0 aliphatic carbocycles. The highest BCUT2D eigenvalue weighted by molar-refractivity contribution is 6.01. The van der Waals surface area contributed by atoms with Crippen LogP contribution in [0, 0.1) is 5.82 Å². The number of hydrogen-bond acceptors (Lipinski definition) is 4. The van der Waals surface area contributed by atoms with Crippen LogP contribution in [0.4, 0.5) is 4.39 Å². The van der Waals surface area contributed by atoms with E-state index in [0.29, 0.717) is 12.2 Å². The summed E-state index contributed by atoms with van der Waals surface area (Å²) in [5, 5.41) is 14.3. The molecule has 164 valence electrons. The molecule has 5 rings (SSSR count). The lowest BCUT2D eigenvalue weighted by Crippen LogP contribution is -2.55. The van der Waals surface area contributed by atoms with Crippen LogP contribution in [0.1, 0.15) is 42.0 Å². The zero-order valence-electron chi connectivity index (χ0n) is 18.0. The van der Waals surface area contributed by atoms with Crippen LogP contribution in [-0.4, -0.2) is 34.5 Å². The number of nitrogens with one attached hydrogen (secondary N) is 1. The first-order valence-corrected chi connectivity index (χ1v) is 11.3. The summed E-state index contributed by atoms with van der Waals surface area (Å²) >= 11 is 0. The Balaban J connectivity index is 1.41. The third kappa shape index (κ3) is 4.45. The van der Waals surface area contributed by atoms with Crippen LogP contribution in [0.25, 0.3) is 0 Å². The van der Waals surface area contributed by atoms with E-state index in [2.05, 4.69) is 34.5 Å². The maximum atomic E-state index is 13.5. The molecule has 1 atom stereocenters. The molecule has 0 amide bonds. The van der Waals surface area contributed by atoms with Gasteiger partial charge in [0.1, 0.15) is 17.2 Å². The van der Waals surface area contributed by atoms with E-state index in [9.17, 15) is 9.50 Å². The minimum Gasteiger partial charge on any atom is -0.508 e. The zero-order valence-corrected chi connectivity index (χ0v) is 18.0. The average molecular weight is 430 g/mol. The van der Waals surface area contributed by atoms with E-state index in [1.165, 1.54) is 17.7 Å². The van der Waals surface area contributed by atoms with Crippen LogP contribution < -0.4 is 5.32 Å². The van der Waals surface area contributed by atoms with Crippen molar-refractivity contribution in [1.29, 1.82) is 0 Å². The van der Waals surface area contributed by atoms with Gasteiger partial charge in [-0.3, -0.25) is 15.2 Å². The van der Waals surface area contributed by atoms with Gasteiger partial charge in [0.15, 0.2) is 0 Å². The van der Waals surface area contributed by atoms with Gasteiger partial charge in [0.05, 0.1) is 0 Å². The number of rotatable bonds is 4. The van der Waals surface area contributed by atoms with Gasteiger partial charge < -0.3 is 5.11 Å². The summed E-state index contributed by atoms with van der Waals surface area (Å²) in [6, 6.07) is 24.6. The molecule has 2 aliphatic rings. The van der Waals surface area contributed by atoms with Gasteiger partial charge >= 0.3 is 0 Å². The lowest BCUT2D eigenvalue weighted by atomic mass is 9.87. The van der Waals surface area contributed by atoms with E-state index in [4.69, 9.17) is 4.99 Å². The summed E-state index contributed by atoms with van der Waals surface area (Å²) < 4.78 is 13.5. The van der Waals surface area contributed by atoms with Crippen molar-refractivity contribution in [1.82, 2.24) is 10.2 Å². The van der Waals surface area contributed by atoms with E-state index >= 15 is 0 Å². The van der Waals surface area contributed by atoms with Crippen LogP contribution in [0.2, 0.25) is 0 Å². The number of nitrogens with zero attached hydrogens (tertiary/aromatic N) is 2. The fourth-order valence-electron chi connectivity index (χ4n) is 4.88. The topological polar surface area (TPSA) is 47.9 Å². The maximum absolute atomic E-state index is 13.5. The van der Waals surface area contributed by atoms with Crippen molar-refractivity contribution in [3.8, 4) is 5.75 Å². The lowest BCUT2D eigenvalue weighted by Gasteiger charge is -2.45. The Morgan fingerprint density at radius 3 is 2.34 bits per heavy atom. The molecule has 0 aromatic heterocycles. The number of benzene rings is 3. The summed E-state index contributed by atoms with van der Waals surface area (Å²) in [5.74, 6) is 0.0477. The van der Waals surface area contributed by atoms with E-state index in [0.717, 1.165) is 49.3 Å². The van der Waals surface area contributed by atoms with Crippen molar-refractivity contribution < 1.29 is 9.50 Å². The van der Waals surface area contributed by atoms with Gasteiger partial charge in [-0.1, -0.05) is 60.7 Å². The lowest BCUT2D eigenvalue weighted by molar-refractivity contribution is 0.120. The van der Waals surface area contributed by atoms with Gasteiger partial charge in [-0.25, -0.2) is 4.39 Å². The molecule has 32 heavy (non-hydrogen) atoms. The molecular weight excluding hydrogens is 401 g/mol. The van der Waals surface area contributed by atoms with Crippen molar-refractivity contribution in [2.45, 2.75) is 37.5 Å². The van der Waals surface area contributed by atoms with Gasteiger partial charge in [0.25, 0.3) is 0 Å². The van der Waals surface area contributed by atoms with Gasteiger partial charge in [0, 0.05) is 43.4 Å². The van der Waals surface area contributed by atoms with Crippen LogP contribution in [0.3, 0.4) is 0 Å². The van der Waals surface area contributed by atoms with Crippen molar-refractivity contribution in [2.75, 3.05) is 13.1 Å². The molecule has 0 saturated carbocycles. The van der Waals surface area contributed by atoms with Crippen LogP contribution in [-0.2, 0) is 6.54 Å². The number of para-hydroxylation sites is 1. The number of phenolic OH excluding ortho intramolecular Hbond substituents is 1. The van der Waals surface area contributed by atoms with E-state index in [1.54, 1.807) is 18.2 Å². The second kappa shape index (κ2) is 8.85. The van der Waals surface area contributed by atoms with Gasteiger partial charge in [-0.15, -0.1) is 0 Å². The van der Waals surface area contributed by atoms with Crippen molar-refractivity contribution in [3.63, 3.8) is 0 Å². The fraction of sp³-hybridized carbons (Fsp3) is 0.296. The number of likely N-dealkylation sites (tertiary alicyclic amines) is 1. The number of aromatic hydroxyl groups is 1. The Morgan fingerprint density at radius 1 is 0.938 bits per heavy atom. The predicted molar refractivity (Wildman–Crippen MR) is 125 cm³/mol. The third-order valence-corrected chi connectivity index (χ3v) is 6.61. The summed E-state index contributed by atoms with van der Waals surface area (Å²) in [4.78, 5) is 7.67. The number of phenols is 1. The Hall–Kier alpha value is -3.02. The van der Waals surface area contributed by atoms with Crippen molar-refractivity contribution in [2.24, 2.45) is 4.99 Å². The first-order valence-electron chi connectivity index (χ1n) is 11.3. The number of halogens is 1. The fourth-order valence-corrected chi connectivity index (χ4v) is 4.88. The van der Waals surface area contributed by atoms with E-state index < -0.39 is 0 Å². The molecule has 4 nitrogen and oxygen atoms in total. The summed E-state index contributed by atoms with van der Waals surface area (Å²) in [6.07, 6.45) is 2.42. The molecular formula is C27H28FN3O. The normalized spacial score (nSPS) is 20.8. The Kier molecular flexibility index (Phi) is 5.77. The van der Waals surface area contributed by atoms with Gasteiger partial charge in [0.2, 0.25) is 0 Å². The van der Waals surface area contributed by atoms with Gasteiger partial charge in [-0.2, -0.15) is 0 Å². The molecule has 2 heterocycles. The molecule has 0 radical (unpaired) electrons. The highest BCUT2D eigenvalue weighted by atomic mass is 19.1. The zero-order chi connectivity index (χ0) is 22.0. The minimum atomic E-state index is -0.387. The molecule has 3 aromatic carbocycles. The van der Waals surface area contributed by atoms with Gasteiger partial charge in [-0.05, 0) is 42.2 Å². The van der Waals surface area contributed by atoms with Crippen molar-refractivity contribution in [3.05, 3.63) is 101 Å². The van der Waals surface area contributed by atoms with E-state index in [-0.39, 0.29) is 17.5 Å². The monoisotopic (exact) mass is 429 g/mol. The first kappa shape index (κ1) is 20.9. The smallest absolute Gasteiger partial charge is 0.123 e. The standard InChI is InChI=1S/C27H28FN3O/c28-22-12-10-21(11-13-22)24-18-25(23-8-4-5-9-26(23)32)30-27(29-24)14-16-31(17-15-27)19-20-6-2-1-3-7-20/h1-13,25,30,32H,14-19H2.